The average molecular weight is 223 g/mol. The lowest BCUT2D eigenvalue weighted by atomic mass is 10.4. The molecule has 0 saturated carbocycles. The molecule has 0 aliphatic carbocycles. The Morgan fingerprint density at radius 3 is 2.93 bits per heavy atom. The minimum Gasteiger partial charge on any atom is -0.397 e. The lowest BCUT2D eigenvalue weighted by molar-refractivity contribution is 1.14. The molecule has 0 aromatic carbocycles. The van der Waals surface area contributed by atoms with Gasteiger partial charge in [0.05, 0.1) is 22.4 Å². The minimum atomic E-state index is 0.701. The topological polar surface area (TPSA) is 51.8 Å². The van der Waals surface area contributed by atoms with Crippen LogP contribution in [-0.2, 0) is 5.75 Å². The van der Waals surface area contributed by atoms with Crippen LogP contribution in [0.1, 0.15) is 4.88 Å². The van der Waals surface area contributed by atoms with E-state index in [0.29, 0.717) is 5.69 Å². The number of thioether (sulfide) groups is 1. The van der Waals surface area contributed by atoms with Crippen LogP contribution in [0.25, 0.3) is 0 Å². The second kappa shape index (κ2) is 4.43. The summed E-state index contributed by atoms with van der Waals surface area (Å²) in [5, 5.41) is 0.993. The summed E-state index contributed by atoms with van der Waals surface area (Å²) < 4.78 is 0. The molecule has 5 heteroatoms. The third-order valence-electron chi connectivity index (χ3n) is 1.60. The summed E-state index contributed by atoms with van der Waals surface area (Å²) in [4.78, 5) is 9.47. The normalized spacial score (nSPS) is 10.3. The second-order valence-electron chi connectivity index (χ2n) is 2.69. The highest BCUT2D eigenvalue weighted by atomic mass is 32.2. The van der Waals surface area contributed by atoms with Crippen molar-refractivity contribution >= 4 is 28.8 Å². The van der Waals surface area contributed by atoms with E-state index in [2.05, 4.69) is 9.97 Å². The average Bonchev–Trinajstić information content (AvgIpc) is 2.70. The predicted octanol–water partition coefficient (Wildman–Crippen LogP) is 2.41. The third kappa shape index (κ3) is 2.46. The summed E-state index contributed by atoms with van der Waals surface area (Å²) >= 11 is 3.35. The van der Waals surface area contributed by atoms with Crippen LogP contribution in [-0.4, -0.2) is 9.97 Å². The number of pyridine rings is 1. The van der Waals surface area contributed by atoms with Crippen LogP contribution in [0.15, 0.2) is 35.1 Å². The number of aromatic nitrogens is 2. The third-order valence-corrected chi connectivity index (χ3v) is 3.56. The maximum absolute atomic E-state index is 5.54. The quantitative estimate of drug-likeness (QED) is 0.812. The van der Waals surface area contributed by atoms with Gasteiger partial charge in [-0.25, -0.2) is 4.98 Å². The van der Waals surface area contributed by atoms with Gasteiger partial charge in [-0.2, -0.15) is 0 Å². The summed E-state index contributed by atoms with van der Waals surface area (Å²) in [5.74, 6) is 0.918. The van der Waals surface area contributed by atoms with Gasteiger partial charge >= 0.3 is 0 Å². The van der Waals surface area contributed by atoms with Crippen LogP contribution < -0.4 is 5.73 Å². The first-order valence-electron chi connectivity index (χ1n) is 4.06. The van der Waals surface area contributed by atoms with Gasteiger partial charge in [0.1, 0.15) is 0 Å². The highest BCUT2D eigenvalue weighted by molar-refractivity contribution is 7.98. The molecule has 2 rings (SSSR count). The van der Waals surface area contributed by atoms with E-state index in [1.165, 1.54) is 4.88 Å². The monoisotopic (exact) mass is 223 g/mol. The first-order valence-corrected chi connectivity index (χ1v) is 5.93. The van der Waals surface area contributed by atoms with Crippen molar-refractivity contribution in [1.82, 2.24) is 9.97 Å². The van der Waals surface area contributed by atoms with Gasteiger partial charge in [-0.15, -0.1) is 23.1 Å². The summed E-state index contributed by atoms with van der Waals surface area (Å²) in [6, 6.07) is 3.79. The largest absolute Gasteiger partial charge is 0.397 e. The highest BCUT2D eigenvalue weighted by Crippen LogP contribution is 2.22. The van der Waals surface area contributed by atoms with Crippen LogP contribution in [0.3, 0.4) is 0 Å². The smallest absolute Gasteiger partial charge is 0.0964 e. The van der Waals surface area contributed by atoms with Crippen molar-refractivity contribution in [3.8, 4) is 0 Å². The Labute approximate surface area is 90.4 Å². The first kappa shape index (κ1) is 9.48. The Morgan fingerprint density at radius 1 is 1.36 bits per heavy atom. The van der Waals surface area contributed by atoms with Crippen LogP contribution in [0, 0.1) is 0 Å². The van der Waals surface area contributed by atoms with Crippen molar-refractivity contribution < 1.29 is 0 Å². The van der Waals surface area contributed by atoms with E-state index < -0.39 is 0 Å². The molecule has 2 heterocycles. The summed E-state index contributed by atoms with van der Waals surface area (Å²) in [5.41, 5.74) is 8.08. The maximum atomic E-state index is 5.54. The summed E-state index contributed by atoms with van der Waals surface area (Å²) in [6.07, 6.45) is 3.56. The SMILES string of the molecule is Nc1ccc(SCc2cncs2)nc1. The number of rotatable bonds is 3. The standard InChI is InChI=1S/C9H9N3S2/c10-7-1-2-9(12-3-7)13-5-8-4-11-6-14-8/h1-4,6H,5,10H2. The molecule has 2 N–H and O–H groups in total. The molecule has 14 heavy (non-hydrogen) atoms. The number of nitrogens with two attached hydrogens (primary N) is 1. The lowest BCUT2D eigenvalue weighted by Crippen LogP contribution is -1.86. The van der Waals surface area contributed by atoms with Gasteiger partial charge in [0, 0.05) is 16.8 Å². The van der Waals surface area contributed by atoms with Gasteiger partial charge in [-0.05, 0) is 12.1 Å². The Hall–Kier alpha value is -1.07. The van der Waals surface area contributed by atoms with Gasteiger partial charge < -0.3 is 5.73 Å². The van der Waals surface area contributed by atoms with Crippen LogP contribution in [0.4, 0.5) is 5.69 Å². The van der Waals surface area contributed by atoms with E-state index >= 15 is 0 Å². The number of hydrogen-bond acceptors (Lipinski definition) is 5. The molecule has 0 unspecified atom stereocenters. The van der Waals surface area contributed by atoms with Gasteiger partial charge in [0.2, 0.25) is 0 Å². The van der Waals surface area contributed by atoms with Crippen molar-refractivity contribution in [2.75, 3.05) is 5.73 Å². The molecule has 0 aliphatic rings. The molecular formula is C9H9N3S2. The van der Waals surface area contributed by atoms with Crippen molar-refractivity contribution in [3.05, 3.63) is 34.9 Å². The molecule has 3 nitrogen and oxygen atoms in total. The van der Waals surface area contributed by atoms with Crippen LogP contribution in [0.2, 0.25) is 0 Å². The Morgan fingerprint density at radius 2 is 2.29 bits per heavy atom. The zero-order valence-electron chi connectivity index (χ0n) is 7.38. The fraction of sp³-hybridized carbons (Fsp3) is 0.111. The molecule has 0 amide bonds. The number of thiazole rings is 1. The molecule has 2 aromatic heterocycles. The molecule has 0 radical (unpaired) electrons. The number of nitrogen functional groups attached to an aromatic ring is 1. The fourth-order valence-electron chi connectivity index (χ4n) is 0.936. The van der Waals surface area contributed by atoms with Gasteiger partial charge in [0.15, 0.2) is 0 Å². The molecule has 0 saturated heterocycles. The molecule has 0 atom stereocenters. The predicted molar refractivity (Wildman–Crippen MR) is 60.3 cm³/mol. The Kier molecular flexibility index (Phi) is 3.00. The molecule has 0 bridgehead atoms. The van der Waals surface area contributed by atoms with E-state index in [1.807, 2.05) is 23.8 Å². The van der Waals surface area contributed by atoms with Gasteiger partial charge in [0.25, 0.3) is 0 Å². The summed E-state index contributed by atoms with van der Waals surface area (Å²) in [7, 11) is 0. The maximum Gasteiger partial charge on any atom is 0.0964 e. The minimum absolute atomic E-state index is 0.701. The number of anilines is 1. The lowest BCUT2D eigenvalue weighted by Gasteiger charge is -1.98. The molecule has 72 valence electrons. The molecule has 0 aliphatic heterocycles. The van der Waals surface area contributed by atoms with E-state index in [9.17, 15) is 0 Å². The Bertz CT molecular complexity index is 383. The van der Waals surface area contributed by atoms with Crippen molar-refractivity contribution in [2.45, 2.75) is 10.8 Å². The molecule has 2 aromatic rings. The van der Waals surface area contributed by atoms with Gasteiger partial charge in [-0.3, -0.25) is 4.98 Å². The zero-order valence-corrected chi connectivity index (χ0v) is 9.02. The Balaban J connectivity index is 1.95. The van der Waals surface area contributed by atoms with Crippen molar-refractivity contribution in [2.24, 2.45) is 0 Å². The van der Waals surface area contributed by atoms with E-state index in [1.54, 1.807) is 29.3 Å². The van der Waals surface area contributed by atoms with Crippen molar-refractivity contribution in [1.29, 1.82) is 0 Å². The highest BCUT2D eigenvalue weighted by Gasteiger charge is 1.98. The van der Waals surface area contributed by atoms with Crippen LogP contribution in [0.5, 0.6) is 0 Å². The first-order chi connectivity index (χ1) is 6.84. The van der Waals surface area contributed by atoms with E-state index in [0.717, 1.165) is 10.8 Å². The van der Waals surface area contributed by atoms with E-state index in [4.69, 9.17) is 5.73 Å². The van der Waals surface area contributed by atoms with Gasteiger partial charge in [-0.1, -0.05) is 0 Å². The fourth-order valence-corrected chi connectivity index (χ4v) is 2.42. The summed E-state index contributed by atoms with van der Waals surface area (Å²) in [6.45, 7) is 0. The molecular weight excluding hydrogens is 214 g/mol. The zero-order chi connectivity index (χ0) is 9.80. The second-order valence-corrected chi connectivity index (χ2v) is 4.65. The molecule has 0 spiro atoms. The van der Waals surface area contributed by atoms with E-state index in [-0.39, 0.29) is 0 Å². The van der Waals surface area contributed by atoms with Crippen molar-refractivity contribution in [3.63, 3.8) is 0 Å². The number of nitrogens with zero attached hydrogens (tertiary/aromatic N) is 2. The molecule has 0 fully saturated rings. The van der Waals surface area contributed by atoms with Crippen LogP contribution >= 0.6 is 23.1 Å². The number of hydrogen-bond donors (Lipinski definition) is 1.